The van der Waals surface area contributed by atoms with E-state index in [-0.39, 0.29) is 17.4 Å². The standard InChI is InChI=1S/C20H25N5O3/c1-5-6-9-25-17(21)16(18(26)23-20(25)28)24(4)19(27)13-7-8-15-14(10-13)11(2)12(3)22-15/h7-8,10,22H,5-6,9,21H2,1-4H3,(H,23,26,28). The molecule has 0 unspecified atom stereocenters. The van der Waals surface area contributed by atoms with E-state index in [9.17, 15) is 14.4 Å². The predicted octanol–water partition coefficient (Wildman–Crippen LogP) is 2.29. The van der Waals surface area contributed by atoms with Gasteiger partial charge in [-0.15, -0.1) is 0 Å². The highest BCUT2D eigenvalue weighted by Gasteiger charge is 2.22. The Bertz CT molecular complexity index is 1170. The average molecular weight is 383 g/mol. The number of nitrogens with zero attached hydrogens (tertiary/aromatic N) is 2. The number of anilines is 2. The Labute approximate surface area is 162 Å². The van der Waals surface area contributed by atoms with Gasteiger partial charge in [-0.3, -0.25) is 19.1 Å². The third kappa shape index (κ3) is 3.21. The Kier molecular flexibility index (Phi) is 5.13. The Hall–Kier alpha value is -3.29. The number of rotatable bonds is 5. The fraction of sp³-hybridized carbons (Fsp3) is 0.350. The van der Waals surface area contributed by atoms with Gasteiger partial charge in [-0.05, 0) is 44.0 Å². The molecule has 2 aromatic heterocycles. The van der Waals surface area contributed by atoms with Gasteiger partial charge in [0.1, 0.15) is 5.82 Å². The molecule has 148 valence electrons. The summed E-state index contributed by atoms with van der Waals surface area (Å²) in [4.78, 5) is 44.2. The fourth-order valence-electron chi connectivity index (χ4n) is 3.33. The number of unbranched alkanes of at least 4 members (excludes halogenated alkanes) is 1. The summed E-state index contributed by atoms with van der Waals surface area (Å²) in [6.45, 7) is 6.33. The monoisotopic (exact) mass is 383 g/mol. The number of aryl methyl sites for hydroxylation is 2. The number of carbonyl (C=O) groups is 1. The van der Waals surface area contributed by atoms with Crippen LogP contribution in [0.1, 0.15) is 41.4 Å². The zero-order chi connectivity index (χ0) is 20.6. The number of fused-ring (bicyclic) bond motifs is 1. The summed E-state index contributed by atoms with van der Waals surface area (Å²) in [5.74, 6) is -0.383. The summed E-state index contributed by atoms with van der Waals surface area (Å²) in [7, 11) is 1.48. The first-order valence-corrected chi connectivity index (χ1v) is 9.25. The van der Waals surface area contributed by atoms with Gasteiger partial charge in [0, 0.05) is 35.8 Å². The molecule has 0 fully saturated rings. The third-order valence-corrected chi connectivity index (χ3v) is 5.14. The van der Waals surface area contributed by atoms with Gasteiger partial charge in [0.15, 0.2) is 5.69 Å². The van der Waals surface area contributed by atoms with Crippen molar-refractivity contribution in [2.24, 2.45) is 0 Å². The number of aromatic nitrogens is 3. The molecule has 0 spiro atoms. The molecule has 3 aromatic rings. The van der Waals surface area contributed by atoms with Gasteiger partial charge in [-0.1, -0.05) is 13.3 Å². The minimum Gasteiger partial charge on any atom is -0.383 e. The molecule has 0 saturated heterocycles. The number of benzene rings is 1. The van der Waals surface area contributed by atoms with E-state index in [1.807, 2.05) is 26.8 Å². The maximum atomic E-state index is 13.0. The molecule has 0 radical (unpaired) electrons. The number of nitrogen functional groups attached to an aromatic ring is 1. The SMILES string of the molecule is CCCCn1c(N)c(N(C)C(=O)c2ccc3[nH]c(C)c(C)c3c2)c(=O)[nH]c1=O. The van der Waals surface area contributed by atoms with Crippen LogP contribution in [0, 0.1) is 13.8 Å². The van der Waals surface area contributed by atoms with E-state index in [0.717, 1.165) is 35.0 Å². The lowest BCUT2D eigenvalue weighted by atomic mass is 10.1. The average Bonchev–Trinajstić information content (AvgIpc) is 2.94. The highest BCUT2D eigenvalue weighted by molar-refractivity contribution is 6.08. The van der Waals surface area contributed by atoms with Gasteiger partial charge in [-0.2, -0.15) is 0 Å². The highest BCUT2D eigenvalue weighted by Crippen LogP contribution is 2.24. The zero-order valence-electron chi connectivity index (χ0n) is 16.5. The van der Waals surface area contributed by atoms with Crippen LogP contribution in [-0.2, 0) is 6.54 Å². The zero-order valence-corrected chi connectivity index (χ0v) is 16.5. The van der Waals surface area contributed by atoms with Gasteiger partial charge in [-0.25, -0.2) is 4.79 Å². The summed E-state index contributed by atoms with van der Waals surface area (Å²) in [5.41, 5.74) is 8.31. The molecule has 0 bridgehead atoms. The second-order valence-electron chi connectivity index (χ2n) is 7.00. The van der Waals surface area contributed by atoms with E-state index >= 15 is 0 Å². The topological polar surface area (TPSA) is 117 Å². The van der Waals surface area contributed by atoms with Gasteiger partial charge >= 0.3 is 5.69 Å². The number of nitrogens with one attached hydrogen (secondary N) is 2. The Morgan fingerprint density at radius 3 is 2.61 bits per heavy atom. The van der Waals surface area contributed by atoms with Crippen molar-refractivity contribution in [2.75, 3.05) is 17.7 Å². The van der Waals surface area contributed by atoms with Crippen LogP contribution in [0.2, 0.25) is 0 Å². The van der Waals surface area contributed by atoms with Gasteiger partial charge in [0.05, 0.1) is 0 Å². The third-order valence-electron chi connectivity index (χ3n) is 5.14. The molecular weight excluding hydrogens is 358 g/mol. The van der Waals surface area contributed by atoms with E-state index < -0.39 is 11.2 Å². The second-order valence-corrected chi connectivity index (χ2v) is 7.00. The molecule has 0 saturated carbocycles. The van der Waals surface area contributed by atoms with Crippen molar-refractivity contribution in [1.82, 2.24) is 14.5 Å². The molecule has 0 aliphatic rings. The summed E-state index contributed by atoms with van der Waals surface area (Å²) in [5, 5.41) is 0.951. The number of carbonyl (C=O) groups excluding carboxylic acids is 1. The molecule has 3 rings (SSSR count). The van der Waals surface area contributed by atoms with Crippen LogP contribution in [0.5, 0.6) is 0 Å². The summed E-state index contributed by atoms with van der Waals surface area (Å²) < 4.78 is 1.30. The van der Waals surface area contributed by atoms with Crippen molar-refractivity contribution in [2.45, 2.75) is 40.2 Å². The molecule has 4 N–H and O–H groups in total. The first-order valence-electron chi connectivity index (χ1n) is 9.25. The molecule has 0 atom stereocenters. The Morgan fingerprint density at radius 1 is 1.21 bits per heavy atom. The molecule has 8 nitrogen and oxygen atoms in total. The molecule has 1 aromatic carbocycles. The first-order chi connectivity index (χ1) is 13.3. The number of nitrogens with two attached hydrogens (primary N) is 1. The molecule has 2 heterocycles. The number of hydrogen-bond donors (Lipinski definition) is 3. The largest absolute Gasteiger partial charge is 0.383 e. The number of H-pyrrole nitrogens is 2. The van der Waals surface area contributed by atoms with Crippen molar-refractivity contribution in [3.8, 4) is 0 Å². The molecule has 8 heteroatoms. The summed E-state index contributed by atoms with van der Waals surface area (Å²) in [6.07, 6.45) is 1.60. The van der Waals surface area contributed by atoms with Crippen LogP contribution in [-0.4, -0.2) is 27.5 Å². The Balaban J connectivity index is 2.05. The molecule has 0 aliphatic carbocycles. The van der Waals surface area contributed by atoms with E-state index in [4.69, 9.17) is 5.73 Å². The van der Waals surface area contributed by atoms with Crippen molar-refractivity contribution < 1.29 is 4.79 Å². The van der Waals surface area contributed by atoms with Crippen LogP contribution >= 0.6 is 0 Å². The van der Waals surface area contributed by atoms with Crippen molar-refractivity contribution in [3.05, 3.63) is 55.9 Å². The number of hydrogen-bond acceptors (Lipinski definition) is 4. The van der Waals surface area contributed by atoms with E-state index in [2.05, 4.69) is 9.97 Å². The van der Waals surface area contributed by atoms with Crippen LogP contribution < -0.4 is 21.9 Å². The number of aromatic amines is 2. The smallest absolute Gasteiger partial charge is 0.330 e. The lowest BCUT2D eigenvalue weighted by Crippen LogP contribution is -2.39. The van der Waals surface area contributed by atoms with Gasteiger partial charge in [0.2, 0.25) is 0 Å². The van der Waals surface area contributed by atoms with Crippen LogP contribution in [0.3, 0.4) is 0 Å². The van der Waals surface area contributed by atoms with Gasteiger partial charge in [0.25, 0.3) is 11.5 Å². The van der Waals surface area contributed by atoms with E-state index in [0.29, 0.717) is 12.1 Å². The van der Waals surface area contributed by atoms with Gasteiger partial charge < -0.3 is 15.6 Å². The quantitative estimate of drug-likeness (QED) is 0.626. The maximum absolute atomic E-state index is 13.0. The molecular formula is C20H25N5O3. The van der Waals surface area contributed by atoms with Crippen LogP contribution in [0.15, 0.2) is 27.8 Å². The highest BCUT2D eigenvalue weighted by atomic mass is 16.2. The molecule has 28 heavy (non-hydrogen) atoms. The van der Waals surface area contributed by atoms with E-state index in [1.165, 1.54) is 16.5 Å². The lowest BCUT2D eigenvalue weighted by Gasteiger charge is -2.20. The molecule has 0 aliphatic heterocycles. The van der Waals surface area contributed by atoms with Crippen molar-refractivity contribution in [3.63, 3.8) is 0 Å². The maximum Gasteiger partial charge on any atom is 0.330 e. The molecule has 1 amide bonds. The Morgan fingerprint density at radius 2 is 1.93 bits per heavy atom. The van der Waals surface area contributed by atoms with Crippen molar-refractivity contribution in [1.29, 1.82) is 0 Å². The summed E-state index contributed by atoms with van der Waals surface area (Å²) in [6, 6.07) is 5.34. The van der Waals surface area contributed by atoms with Crippen molar-refractivity contribution >= 4 is 28.3 Å². The van der Waals surface area contributed by atoms with Crippen LogP contribution in [0.25, 0.3) is 10.9 Å². The first kappa shape index (κ1) is 19.5. The second kappa shape index (κ2) is 7.38. The fourth-order valence-corrected chi connectivity index (χ4v) is 3.33. The summed E-state index contributed by atoms with van der Waals surface area (Å²) >= 11 is 0. The number of amides is 1. The normalized spacial score (nSPS) is 11.1. The van der Waals surface area contributed by atoms with E-state index in [1.54, 1.807) is 12.1 Å². The lowest BCUT2D eigenvalue weighted by molar-refractivity contribution is 0.0993. The van der Waals surface area contributed by atoms with Crippen LogP contribution in [0.4, 0.5) is 11.5 Å². The minimum absolute atomic E-state index is 0.00667. The predicted molar refractivity (Wildman–Crippen MR) is 111 cm³/mol. The minimum atomic E-state index is -0.680.